The summed E-state index contributed by atoms with van der Waals surface area (Å²) in [5.41, 5.74) is 0. The summed E-state index contributed by atoms with van der Waals surface area (Å²) in [7, 11) is -3.06. The third-order valence-electron chi connectivity index (χ3n) is 3.37. The van der Waals surface area contributed by atoms with E-state index in [0.29, 0.717) is 32.7 Å². The van der Waals surface area contributed by atoms with E-state index in [-0.39, 0.29) is 11.2 Å². The zero-order valence-electron chi connectivity index (χ0n) is 9.18. The maximum atomic E-state index is 12.3. The van der Waals surface area contributed by atoms with Gasteiger partial charge in [0, 0.05) is 19.7 Å². The molecular weight excluding hydrogens is 214 g/mol. The van der Waals surface area contributed by atoms with Crippen LogP contribution < -0.4 is 0 Å². The molecule has 2 atom stereocenters. The fourth-order valence-electron chi connectivity index (χ4n) is 2.44. The first kappa shape index (κ1) is 11.4. The second-order valence-corrected chi connectivity index (χ2v) is 6.68. The molecule has 0 amide bonds. The Morgan fingerprint density at radius 3 is 2.53 bits per heavy atom. The molecule has 2 saturated heterocycles. The van der Waals surface area contributed by atoms with Gasteiger partial charge >= 0.3 is 0 Å². The fourth-order valence-corrected chi connectivity index (χ4v) is 4.65. The SMILES string of the molecule is CC1COCCC1S(=O)(=O)N1CCCC1. The molecular formula is C10H19NO3S. The van der Waals surface area contributed by atoms with Gasteiger partial charge in [-0.1, -0.05) is 6.92 Å². The summed E-state index contributed by atoms with van der Waals surface area (Å²) in [4.78, 5) is 0. The zero-order chi connectivity index (χ0) is 10.9. The molecule has 0 spiro atoms. The number of sulfonamides is 1. The summed E-state index contributed by atoms with van der Waals surface area (Å²) >= 11 is 0. The molecule has 0 saturated carbocycles. The average molecular weight is 233 g/mol. The van der Waals surface area contributed by atoms with E-state index >= 15 is 0 Å². The number of hydrogen-bond acceptors (Lipinski definition) is 3. The van der Waals surface area contributed by atoms with Gasteiger partial charge in [0.05, 0.1) is 11.9 Å². The van der Waals surface area contributed by atoms with Crippen LogP contribution in [0.1, 0.15) is 26.2 Å². The van der Waals surface area contributed by atoms with Crippen molar-refractivity contribution in [2.24, 2.45) is 5.92 Å². The minimum atomic E-state index is -3.06. The highest BCUT2D eigenvalue weighted by atomic mass is 32.2. The molecule has 0 N–H and O–H groups in total. The van der Waals surface area contributed by atoms with Gasteiger partial charge in [-0.2, -0.15) is 0 Å². The second kappa shape index (κ2) is 4.39. The number of nitrogens with zero attached hydrogens (tertiary/aromatic N) is 1. The first-order valence-corrected chi connectivity index (χ1v) is 7.19. The standard InChI is InChI=1S/C10H19NO3S/c1-9-8-14-7-4-10(9)15(12,13)11-5-2-3-6-11/h9-10H,2-8H2,1H3. The lowest BCUT2D eigenvalue weighted by atomic mass is 10.0. The molecule has 0 aromatic heterocycles. The predicted molar refractivity (Wildman–Crippen MR) is 58.1 cm³/mol. The molecule has 2 unspecified atom stereocenters. The summed E-state index contributed by atoms with van der Waals surface area (Å²) in [6, 6.07) is 0. The largest absolute Gasteiger partial charge is 0.381 e. The van der Waals surface area contributed by atoms with Gasteiger partial charge in [-0.25, -0.2) is 12.7 Å². The van der Waals surface area contributed by atoms with Gasteiger partial charge in [-0.3, -0.25) is 0 Å². The van der Waals surface area contributed by atoms with E-state index in [1.807, 2.05) is 6.92 Å². The highest BCUT2D eigenvalue weighted by molar-refractivity contribution is 7.89. The van der Waals surface area contributed by atoms with Crippen LogP contribution in [0.25, 0.3) is 0 Å². The van der Waals surface area contributed by atoms with Gasteiger partial charge < -0.3 is 4.74 Å². The van der Waals surface area contributed by atoms with Crippen molar-refractivity contribution in [3.63, 3.8) is 0 Å². The van der Waals surface area contributed by atoms with Gasteiger partial charge in [-0.15, -0.1) is 0 Å². The molecule has 0 aliphatic carbocycles. The van der Waals surface area contributed by atoms with Crippen LogP contribution >= 0.6 is 0 Å². The number of hydrogen-bond donors (Lipinski definition) is 0. The summed E-state index contributed by atoms with van der Waals surface area (Å²) in [6.45, 7) is 4.57. The van der Waals surface area contributed by atoms with E-state index in [2.05, 4.69) is 0 Å². The van der Waals surface area contributed by atoms with Crippen molar-refractivity contribution < 1.29 is 13.2 Å². The molecule has 88 valence electrons. The third-order valence-corrected chi connectivity index (χ3v) is 5.92. The summed E-state index contributed by atoms with van der Waals surface area (Å²) < 4.78 is 31.5. The van der Waals surface area contributed by atoms with Crippen LogP contribution in [0.3, 0.4) is 0 Å². The minimum absolute atomic E-state index is 0.129. The third kappa shape index (κ3) is 2.19. The lowest BCUT2D eigenvalue weighted by Crippen LogP contribution is -2.44. The molecule has 15 heavy (non-hydrogen) atoms. The predicted octanol–water partition coefficient (Wildman–Crippen LogP) is 0.837. The lowest BCUT2D eigenvalue weighted by Gasteiger charge is -2.31. The molecule has 2 aliphatic heterocycles. The Labute approximate surface area is 91.6 Å². The molecule has 0 bridgehead atoms. The molecule has 0 aromatic rings. The van der Waals surface area contributed by atoms with Crippen molar-refractivity contribution in [3.8, 4) is 0 Å². The Bertz CT molecular complexity index is 309. The van der Waals surface area contributed by atoms with E-state index < -0.39 is 10.0 Å². The van der Waals surface area contributed by atoms with Gasteiger partial charge in [0.15, 0.2) is 0 Å². The normalized spacial score (nSPS) is 34.5. The second-order valence-electron chi connectivity index (χ2n) is 4.53. The highest BCUT2D eigenvalue weighted by Gasteiger charge is 2.38. The lowest BCUT2D eigenvalue weighted by molar-refractivity contribution is 0.0626. The summed E-state index contributed by atoms with van der Waals surface area (Å²) in [5.74, 6) is 0.129. The van der Waals surface area contributed by atoms with E-state index in [1.165, 1.54) is 0 Å². The maximum absolute atomic E-state index is 12.3. The Morgan fingerprint density at radius 2 is 1.93 bits per heavy atom. The van der Waals surface area contributed by atoms with Crippen LogP contribution in [0.4, 0.5) is 0 Å². The van der Waals surface area contributed by atoms with Crippen molar-refractivity contribution in [1.29, 1.82) is 0 Å². The van der Waals surface area contributed by atoms with Crippen LogP contribution in [0.2, 0.25) is 0 Å². The smallest absolute Gasteiger partial charge is 0.217 e. The van der Waals surface area contributed by atoms with Crippen molar-refractivity contribution in [2.45, 2.75) is 31.4 Å². The summed E-state index contributed by atoms with van der Waals surface area (Å²) in [5, 5.41) is -0.218. The maximum Gasteiger partial charge on any atom is 0.217 e. The summed E-state index contributed by atoms with van der Waals surface area (Å²) in [6.07, 6.45) is 2.67. The molecule has 5 heteroatoms. The van der Waals surface area contributed by atoms with E-state index in [0.717, 1.165) is 12.8 Å². The first-order valence-electron chi connectivity index (χ1n) is 5.69. The van der Waals surface area contributed by atoms with Crippen molar-refractivity contribution in [2.75, 3.05) is 26.3 Å². The Morgan fingerprint density at radius 1 is 1.27 bits per heavy atom. The molecule has 0 radical (unpaired) electrons. The van der Waals surface area contributed by atoms with Crippen LogP contribution in [0.5, 0.6) is 0 Å². The van der Waals surface area contributed by atoms with E-state index in [9.17, 15) is 8.42 Å². The van der Waals surface area contributed by atoms with Crippen molar-refractivity contribution in [3.05, 3.63) is 0 Å². The molecule has 0 aromatic carbocycles. The first-order chi connectivity index (χ1) is 7.12. The van der Waals surface area contributed by atoms with Crippen LogP contribution in [0.15, 0.2) is 0 Å². The molecule has 2 heterocycles. The van der Waals surface area contributed by atoms with Crippen LogP contribution in [-0.2, 0) is 14.8 Å². The quantitative estimate of drug-likeness (QED) is 0.710. The average Bonchev–Trinajstić information content (AvgIpc) is 2.71. The highest BCUT2D eigenvalue weighted by Crippen LogP contribution is 2.26. The van der Waals surface area contributed by atoms with Crippen LogP contribution in [0, 0.1) is 5.92 Å². The van der Waals surface area contributed by atoms with Gasteiger partial charge in [-0.05, 0) is 25.2 Å². The number of ether oxygens (including phenoxy) is 1. The Balaban J connectivity index is 2.12. The van der Waals surface area contributed by atoms with Gasteiger partial charge in [0.1, 0.15) is 0 Å². The van der Waals surface area contributed by atoms with Crippen LogP contribution in [-0.4, -0.2) is 44.3 Å². The molecule has 2 rings (SSSR count). The fraction of sp³-hybridized carbons (Fsp3) is 1.00. The zero-order valence-corrected chi connectivity index (χ0v) is 10.0. The van der Waals surface area contributed by atoms with E-state index in [1.54, 1.807) is 4.31 Å². The number of rotatable bonds is 2. The molecule has 4 nitrogen and oxygen atoms in total. The van der Waals surface area contributed by atoms with E-state index in [4.69, 9.17) is 4.74 Å². The Hall–Kier alpha value is -0.130. The Kier molecular flexibility index (Phi) is 3.33. The monoisotopic (exact) mass is 233 g/mol. The molecule has 2 aliphatic rings. The van der Waals surface area contributed by atoms with Crippen molar-refractivity contribution in [1.82, 2.24) is 4.31 Å². The van der Waals surface area contributed by atoms with Crippen molar-refractivity contribution >= 4 is 10.0 Å². The van der Waals surface area contributed by atoms with Gasteiger partial charge in [0.2, 0.25) is 10.0 Å². The van der Waals surface area contributed by atoms with Gasteiger partial charge in [0.25, 0.3) is 0 Å². The topological polar surface area (TPSA) is 46.6 Å². The molecule has 2 fully saturated rings. The minimum Gasteiger partial charge on any atom is -0.381 e.